The van der Waals surface area contributed by atoms with Crippen molar-refractivity contribution in [3.8, 4) is 5.75 Å². The molecule has 1 rings (SSSR count). The number of benzene rings is 1. The van der Waals surface area contributed by atoms with Crippen LogP contribution in [0.5, 0.6) is 5.75 Å². The highest BCUT2D eigenvalue weighted by molar-refractivity contribution is 5.75. The molecule has 0 unspecified atom stereocenters. The van der Waals surface area contributed by atoms with Crippen molar-refractivity contribution in [1.29, 1.82) is 0 Å². The minimum atomic E-state index is -4.71. The molecule has 0 heterocycles. The number of hydrogen-bond donors (Lipinski definition) is 1. The maximum absolute atomic E-state index is 11.9. The molecule has 0 saturated carbocycles. The molecule has 1 N–H and O–H groups in total. The number of hydrogen-bond acceptors (Lipinski definition) is 4. The fourth-order valence-corrected chi connectivity index (χ4v) is 1.25. The average molecular weight is 277 g/mol. The summed E-state index contributed by atoms with van der Waals surface area (Å²) in [4.78, 5) is 11.2. The van der Waals surface area contributed by atoms with Crippen molar-refractivity contribution < 1.29 is 27.4 Å². The Hall–Kier alpha value is -1.92. The predicted octanol–water partition coefficient (Wildman–Crippen LogP) is 2.95. The second kappa shape index (κ2) is 6.31. The van der Waals surface area contributed by atoms with E-state index in [1.54, 1.807) is 13.8 Å². The molecule has 0 aromatic heterocycles. The molecule has 0 aliphatic rings. The molecular weight excluding hydrogens is 263 g/mol. The molecule has 0 bridgehead atoms. The summed E-state index contributed by atoms with van der Waals surface area (Å²) in [5.41, 5.74) is 0.496. The van der Waals surface area contributed by atoms with Gasteiger partial charge in [0.1, 0.15) is 12.3 Å². The third kappa shape index (κ3) is 6.54. The van der Waals surface area contributed by atoms with Crippen LogP contribution in [0.15, 0.2) is 24.3 Å². The van der Waals surface area contributed by atoms with Gasteiger partial charge in [-0.15, -0.1) is 13.2 Å². The summed E-state index contributed by atoms with van der Waals surface area (Å²) in [6, 6.07) is 5.07. The molecule has 0 aliphatic carbocycles. The van der Waals surface area contributed by atoms with E-state index in [4.69, 9.17) is 4.74 Å². The van der Waals surface area contributed by atoms with E-state index < -0.39 is 12.3 Å². The van der Waals surface area contributed by atoms with Crippen LogP contribution in [0.1, 0.15) is 13.8 Å². The number of halogens is 3. The molecule has 7 heteroatoms. The minimum Gasteiger partial charge on any atom is -0.462 e. The Labute approximate surface area is 108 Å². The Morgan fingerprint density at radius 1 is 1.26 bits per heavy atom. The van der Waals surface area contributed by atoms with Gasteiger partial charge in [-0.25, -0.2) is 0 Å². The highest BCUT2D eigenvalue weighted by Gasteiger charge is 2.30. The topological polar surface area (TPSA) is 47.6 Å². The van der Waals surface area contributed by atoms with Crippen LogP contribution in [0.2, 0.25) is 0 Å². The van der Waals surface area contributed by atoms with Crippen molar-refractivity contribution in [3.05, 3.63) is 24.3 Å². The number of alkyl halides is 3. The molecule has 0 saturated heterocycles. The first-order valence-electron chi connectivity index (χ1n) is 5.55. The zero-order valence-electron chi connectivity index (χ0n) is 10.5. The van der Waals surface area contributed by atoms with Gasteiger partial charge >= 0.3 is 12.3 Å². The molecule has 0 spiro atoms. The monoisotopic (exact) mass is 277 g/mol. The van der Waals surface area contributed by atoms with Gasteiger partial charge in [0, 0.05) is 5.69 Å². The Balaban J connectivity index is 2.46. The van der Waals surface area contributed by atoms with E-state index in [0.29, 0.717) is 5.69 Å². The van der Waals surface area contributed by atoms with Crippen molar-refractivity contribution in [2.75, 3.05) is 11.9 Å². The van der Waals surface area contributed by atoms with Crippen molar-refractivity contribution >= 4 is 11.7 Å². The first-order chi connectivity index (χ1) is 8.76. The Morgan fingerprint density at radius 3 is 2.32 bits per heavy atom. The van der Waals surface area contributed by atoms with Gasteiger partial charge in [-0.3, -0.25) is 4.79 Å². The van der Waals surface area contributed by atoms with Crippen molar-refractivity contribution in [1.82, 2.24) is 0 Å². The predicted molar refractivity (Wildman–Crippen MR) is 62.8 cm³/mol. The van der Waals surface area contributed by atoms with Gasteiger partial charge in [0.25, 0.3) is 0 Å². The van der Waals surface area contributed by atoms with Gasteiger partial charge in [-0.1, -0.05) is 0 Å². The molecule has 0 radical (unpaired) electrons. The summed E-state index contributed by atoms with van der Waals surface area (Å²) < 4.78 is 44.4. The first-order valence-corrected chi connectivity index (χ1v) is 5.55. The van der Waals surface area contributed by atoms with Gasteiger partial charge in [0.15, 0.2) is 0 Å². The average Bonchev–Trinajstić information content (AvgIpc) is 2.25. The zero-order chi connectivity index (χ0) is 14.5. The zero-order valence-corrected chi connectivity index (χ0v) is 10.5. The SMILES string of the molecule is CC(C)OC(=O)CNc1ccc(OC(F)(F)F)cc1. The summed E-state index contributed by atoms with van der Waals surface area (Å²) in [5.74, 6) is -0.756. The lowest BCUT2D eigenvalue weighted by atomic mass is 10.3. The van der Waals surface area contributed by atoms with Crippen LogP contribution in [0.4, 0.5) is 18.9 Å². The van der Waals surface area contributed by atoms with Crippen molar-refractivity contribution in [2.24, 2.45) is 0 Å². The number of ether oxygens (including phenoxy) is 2. The lowest BCUT2D eigenvalue weighted by Crippen LogP contribution is -2.20. The van der Waals surface area contributed by atoms with Crippen LogP contribution in [-0.4, -0.2) is 25.0 Å². The number of esters is 1. The van der Waals surface area contributed by atoms with E-state index in [2.05, 4.69) is 10.1 Å². The molecule has 0 atom stereocenters. The number of anilines is 1. The highest BCUT2D eigenvalue weighted by atomic mass is 19.4. The second-order valence-corrected chi connectivity index (χ2v) is 3.96. The lowest BCUT2D eigenvalue weighted by Gasteiger charge is -2.11. The largest absolute Gasteiger partial charge is 0.573 e. The van der Waals surface area contributed by atoms with Gasteiger partial charge in [-0.2, -0.15) is 0 Å². The fourth-order valence-electron chi connectivity index (χ4n) is 1.25. The van der Waals surface area contributed by atoms with Gasteiger partial charge < -0.3 is 14.8 Å². The molecule has 1 aromatic carbocycles. The van der Waals surface area contributed by atoms with Gasteiger partial charge in [0.2, 0.25) is 0 Å². The third-order valence-corrected chi connectivity index (χ3v) is 1.89. The summed E-state index contributed by atoms with van der Waals surface area (Å²) in [5, 5.41) is 2.73. The highest BCUT2D eigenvalue weighted by Crippen LogP contribution is 2.23. The van der Waals surface area contributed by atoms with Crippen LogP contribution >= 0.6 is 0 Å². The third-order valence-electron chi connectivity index (χ3n) is 1.89. The molecule has 106 valence electrons. The first kappa shape index (κ1) is 15.1. The number of carbonyl (C=O) groups is 1. The molecule has 19 heavy (non-hydrogen) atoms. The summed E-state index contributed by atoms with van der Waals surface area (Å²) in [6.07, 6.45) is -4.92. The molecule has 0 fully saturated rings. The van der Waals surface area contributed by atoms with E-state index in [9.17, 15) is 18.0 Å². The van der Waals surface area contributed by atoms with E-state index in [1.165, 1.54) is 12.1 Å². The second-order valence-electron chi connectivity index (χ2n) is 3.96. The molecule has 0 aliphatic heterocycles. The van der Waals surface area contributed by atoms with Crippen LogP contribution in [0.3, 0.4) is 0 Å². The van der Waals surface area contributed by atoms with Crippen LogP contribution in [0, 0.1) is 0 Å². The minimum absolute atomic E-state index is 0.0579. The quantitative estimate of drug-likeness (QED) is 0.841. The summed E-state index contributed by atoms with van der Waals surface area (Å²) >= 11 is 0. The van der Waals surface area contributed by atoms with E-state index in [1.807, 2.05) is 0 Å². The van der Waals surface area contributed by atoms with Crippen molar-refractivity contribution in [3.63, 3.8) is 0 Å². The lowest BCUT2D eigenvalue weighted by molar-refractivity contribution is -0.274. The Kier molecular flexibility index (Phi) is 5.02. The molecule has 0 amide bonds. The standard InChI is InChI=1S/C12H14F3NO3/c1-8(2)18-11(17)7-16-9-3-5-10(6-4-9)19-12(13,14)15/h3-6,8,16H,7H2,1-2H3. The normalized spacial score (nSPS) is 11.3. The Bertz CT molecular complexity index is 415. The fraction of sp³-hybridized carbons (Fsp3) is 0.417. The van der Waals surface area contributed by atoms with Gasteiger partial charge in [-0.05, 0) is 38.1 Å². The van der Waals surface area contributed by atoms with E-state index >= 15 is 0 Å². The van der Waals surface area contributed by atoms with Crippen molar-refractivity contribution in [2.45, 2.75) is 26.3 Å². The molecule has 1 aromatic rings. The van der Waals surface area contributed by atoms with Gasteiger partial charge in [0.05, 0.1) is 6.10 Å². The number of carbonyl (C=O) groups excluding carboxylic acids is 1. The maximum Gasteiger partial charge on any atom is 0.573 e. The Morgan fingerprint density at radius 2 is 1.84 bits per heavy atom. The molecular formula is C12H14F3NO3. The molecule has 4 nitrogen and oxygen atoms in total. The maximum atomic E-state index is 11.9. The van der Waals surface area contributed by atoms with E-state index in [0.717, 1.165) is 12.1 Å². The van der Waals surface area contributed by atoms with Crippen LogP contribution in [-0.2, 0) is 9.53 Å². The van der Waals surface area contributed by atoms with E-state index in [-0.39, 0.29) is 18.4 Å². The van der Waals surface area contributed by atoms with Crippen LogP contribution < -0.4 is 10.1 Å². The van der Waals surface area contributed by atoms with Crippen LogP contribution in [0.25, 0.3) is 0 Å². The number of rotatable bonds is 5. The number of nitrogens with one attached hydrogen (secondary N) is 1. The summed E-state index contributed by atoms with van der Waals surface area (Å²) in [7, 11) is 0. The smallest absolute Gasteiger partial charge is 0.462 e. The summed E-state index contributed by atoms with van der Waals surface area (Å²) in [6.45, 7) is 3.39.